The highest BCUT2D eigenvalue weighted by Gasteiger charge is 2.37. The summed E-state index contributed by atoms with van der Waals surface area (Å²) >= 11 is 1.63. The highest BCUT2D eigenvalue weighted by molar-refractivity contribution is 7.19. The number of likely N-dealkylation sites (tertiary alicyclic amines) is 1. The number of aryl methyl sites for hydroxylation is 1. The third kappa shape index (κ3) is 3.25. The molecule has 166 valence electrons. The fourth-order valence-electron chi connectivity index (χ4n) is 4.65. The predicted octanol–water partition coefficient (Wildman–Crippen LogP) is 2.80. The molecule has 6 rings (SSSR count). The molecule has 0 saturated carbocycles. The summed E-state index contributed by atoms with van der Waals surface area (Å²) in [6.07, 6.45) is 5.54. The molecule has 0 radical (unpaired) electrons. The minimum atomic E-state index is -0.0395. The van der Waals surface area contributed by atoms with E-state index in [0.29, 0.717) is 42.5 Å². The average Bonchev–Trinajstić information content (AvgIpc) is 3.41. The fourth-order valence-corrected chi connectivity index (χ4v) is 5.92. The van der Waals surface area contributed by atoms with Crippen molar-refractivity contribution >= 4 is 50.0 Å². The Bertz CT molecular complexity index is 1430. The first-order valence-electron chi connectivity index (χ1n) is 10.7. The number of aromatic nitrogens is 5. The van der Waals surface area contributed by atoms with Crippen molar-refractivity contribution in [3.05, 3.63) is 29.0 Å². The van der Waals surface area contributed by atoms with Gasteiger partial charge in [-0.3, -0.25) is 9.89 Å². The van der Waals surface area contributed by atoms with Crippen LogP contribution in [0.5, 0.6) is 5.88 Å². The van der Waals surface area contributed by atoms with Crippen LogP contribution >= 0.6 is 11.3 Å². The van der Waals surface area contributed by atoms with Crippen molar-refractivity contribution in [2.75, 3.05) is 25.5 Å². The van der Waals surface area contributed by atoms with E-state index in [9.17, 15) is 4.79 Å². The van der Waals surface area contributed by atoms with Gasteiger partial charge in [0.05, 0.1) is 30.7 Å². The lowest BCUT2D eigenvalue weighted by molar-refractivity contribution is -0.141. The Morgan fingerprint density at radius 1 is 1.39 bits per heavy atom. The van der Waals surface area contributed by atoms with Crippen LogP contribution in [0.3, 0.4) is 0 Å². The number of aromatic amines is 1. The Labute approximate surface area is 192 Å². The topological polar surface area (TPSA) is 133 Å². The van der Waals surface area contributed by atoms with Crippen molar-refractivity contribution in [1.82, 2.24) is 30.0 Å². The molecule has 2 aliphatic rings. The number of H-pyrrole nitrogens is 1. The number of hydrogen-bond donors (Lipinski definition) is 2. The Morgan fingerprint density at radius 3 is 3.09 bits per heavy atom. The van der Waals surface area contributed by atoms with Gasteiger partial charge in [-0.05, 0) is 30.9 Å². The summed E-state index contributed by atoms with van der Waals surface area (Å²) in [4.78, 5) is 30.3. The number of nitriles is 1. The highest BCUT2D eigenvalue weighted by Crippen LogP contribution is 2.41. The number of amides is 1. The van der Waals surface area contributed by atoms with Crippen LogP contribution in [-0.4, -0.2) is 56.2 Å². The first kappa shape index (κ1) is 19.9. The lowest BCUT2D eigenvalue weighted by atomic mass is 9.85. The van der Waals surface area contributed by atoms with Gasteiger partial charge in [-0.15, -0.1) is 11.3 Å². The number of hydrogen-bond acceptors (Lipinski definition) is 9. The molecule has 1 amide bonds. The summed E-state index contributed by atoms with van der Waals surface area (Å²) in [6.45, 7) is 1.11. The van der Waals surface area contributed by atoms with Crippen LogP contribution in [0.25, 0.3) is 21.3 Å². The molecule has 4 aromatic heterocycles. The standard InChI is InChI=1S/C22H20N8O2S/c1-32-20-15(4-13-7-26-29-18(13)28-20)27-19-17-14-3-2-12(22(31)30-8-11(6-23)9-30)5-16(14)33-21(17)25-10-24-19/h4,7,10-12H,2-3,5,8-9H2,1H3,(H,24,25,27)(H,26,28,29)/t12-/m0/s1. The smallest absolute Gasteiger partial charge is 0.239 e. The Hall–Kier alpha value is -3.78. The number of ether oxygens (including phenoxy) is 1. The zero-order valence-electron chi connectivity index (χ0n) is 17.8. The highest BCUT2D eigenvalue weighted by atomic mass is 32.1. The number of carbonyl (C=O) groups is 1. The quantitative estimate of drug-likeness (QED) is 0.475. The van der Waals surface area contributed by atoms with E-state index in [-0.39, 0.29) is 17.7 Å². The summed E-state index contributed by atoms with van der Waals surface area (Å²) in [5.74, 6) is 1.25. The van der Waals surface area contributed by atoms with E-state index in [2.05, 4.69) is 36.5 Å². The van der Waals surface area contributed by atoms with Crippen molar-refractivity contribution in [1.29, 1.82) is 5.26 Å². The van der Waals surface area contributed by atoms with Gasteiger partial charge in [0.1, 0.15) is 22.7 Å². The number of fused-ring (bicyclic) bond motifs is 4. The molecule has 0 spiro atoms. The number of thiophene rings is 1. The molecule has 1 aliphatic heterocycles. The van der Waals surface area contributed by atoms with Crippen molar-refractivity contribution < 1.29 is 9.53 Å². The lowest BCUT2D eigenvalue weighted by Crippen LogP contribution is -2.52. The van der Waals surface area contributed by atoms with Crippen LogP contribution in [0.15, 0.2) is 18.6 Å². The van der Waals surface area contributed by atoms with E-state index in [1.807, 2.05) is 11.0 Å². The summed E-state index contributed by atoms with van der Waals surface area (Å²) in [6, 6.07) is 4.16. The van der Waals surface area contributed by atoms with Gasteiger partial charge in [0.15, 0.2) is 5.65 Å². The van der Waals surface area contributed by atoms with E-state index in [1.165, 1.54) is 10.4 Å². The number of rotatable bonds is 4. The maximum Gasteiger partial charge on any atom is 0.239 e. The van der Waals surface area contributed by atoms with Crippen molar-refractivity contribution in [3.63, 3.8) is 0 Å². The summed E-state index contributed by atoms with van der Waals surface area (Å²) in [5, 5.41) is 21.1. The van der Waals surface area contributed by atoms with Gasteiger partial charge in [0.25, 0.3) is 0 Å². The number of nitrogens with one attached hydrogen (secondary N) is 2. The molecule has 10 nitrogen and oxygen atoms in total. The molecule has 0 unspecified atom stereocenters. The third-order valence-corrected chi connectivity index (χ3v) is 7.57. The van der Waals surface area contributed by atoms with E-state index >= 15 is 0 Å². The molecular weight excluding hydrogens is 440 g/mol. The minimum absolute atomic E-state index is 0.0194. The number of pyridine rings is 1. The summed E-state index contributed by atoms with van der Waals surface area (Å²) in [7, 11) is 1.58. The maximum atomic E-state index is 12.9. The van der Waals surface area contributed by atoms with Gasteiger partial charge in [-0.25, -0.2) is 9.97 Å². The average molecular weight is 461 g/mol. The second-order valence-corrected chi connectivity index (χ2v) is 9.48. The van der Waals surface area contributed by atoms with Crippen LogP contribution in [0.2, 0.25) is 0 Å². The van der Waals surface area contributed by atoms with E-state index in [0.717, 1.165) is 28.4 Å². The molecule has 11 heteroatoms. The predicted molar refractivity (Wildman–Crippen MR) is 122 cm³/mol. The van der Waals surface area contributed by atoms with E-state index in [4.69, 9.17) is 10.00 Å². The van der Waals surface area contributed by atoms with Gasteiger partial charge in [0.2, 0.25) is 11.8 Å². The van der Waals surface area contributed by atoms with Gasteiger partial charge in [0, 0.05) is 29.3 Å². The third-order valence-electron chi connectivity index (χ3n) is 6.41. The van der Waals surface area contributed by atoms with Gasteiger partial charge >= 0.3 is 0 Å². The monoisotopic (exact) mass is 460 g/mol. The maximum absolute atomic E-state index is 12.9. The number of methoxy groups -OCH3 is 1. The second kappa shape index (κ2) is 7.67. The first-order chi connectivity index (χ1) is 16.1. The van der Waals surface area contributed by atoms with E-state index < -0.39 is 0 Å². The Balaban J connectivity index is 1.31. The Morgan fingerprint density at radius 2 is 2.27 bits per heavy atom. The summed E-state index contributed by atoms with van der Waals surface area (Å²) < 4.78 is 5.47. The van der Waals surface area contributed by atoms with Crippen LogP contribution in [0.1, 0.15) is 16.9 Å². The molecule has 33 heavy (non-hydrogen) atoms. The van der Waals surface area contributed by atoms with Gasteiger partial charge < -0.3 is 15.0 Å². The Kier molecular flexibility index (Phi) is 4.62. The van der Waals surface area contributed by atoms with Crippen LogP contribution in [0, 0.1) is 23.2 Å². The largest absolute Gasteiger partial charge is 0.479 e. The van der Waals surface area contributed by atoms with Crippen molar-refractivity contribution in [2.24, 2.45) is 11.8 Å². The zero-order valence-corrected chi connectivity index (χ0v) is 18.6. The SMILES string of the molecule is COc1nc2[nH]ncc2cc1Nc1ncnc2sc3c(c12)CC[C@H](C(=O)N1CC(C#N)C1)C3. The molecule has 1 atom stereocenters. The molecule has 1 saturated heterocycles. The molecule has 1 fully saturated rings. The normalized spacial score (nSPS) is 18.1. The van der Waals surface area contributed by atoms with Crippen LogP contribution in [-0.2, 0) is 17.6 Å². The molecule has 1 aliphatic carbocycles. The minimum Gasteiger partial charge on any atom is -0.479 e. The number of nitrogens with zero attached hydrogens (tertiary/aromatic N) is 6. The molecule has 0 bridgehead atoms. The van der Waals surface area contributed by atoms with E-state index in [1.54, 1.807) is 31.0 Å². The lowest BCUT2D eigenvalue weighted by Gasteiger charge is -2.38. The van der Waals surface area contributed by atoms with Gasteiger partial charge in [-0.1, -0.05) is 0 Å². The first-order valence-corrected chi connectivity index (χ1v) is 11.5. The van der Waals surface area contributed by atoms with Crippen molar-refractivity contribution in [2.45, 2.75) is 19.3 Å². The summed E-state index contributed by atoms with van der Waals surface area (Å²) in [5.41, 5.74) is 2.55. The molecule has 4 aromatic rings. The van der Waals surface area contributed by atoms with Crippen LogP contribution in [0.4, 0.5) is 11.5 Å². The molecule has 2 N–H and O–H groups in total. The molecule has 0 aromatic carbocycles. The zero-order chi connectivity index (χ0) is 22.5. The molecular formula is C22H20N8O2S. The second-order valence-electron chi connectivity index (χ2n) is 8.39. The number of carbonyl (C=O) groups excluding carboxylic acids is 1. The van der Waals surface area contributed by atoms with Gasteiger partial charge in [-0.2, -0.15) is 15.3 Å². The molecule has 5 heterocycles. The van der Waals surface area contributed by atoms with Crippen LogP contribution < -0.4 is 10.1 Å². The number of anilines is 2. The van der Waals surface area contributed by atoms with Crippen molar-refractivity contribution in [3.8, 4) is 11.9 Å². The fraction of sp³-hybridized carbons (Fsp3) is 0.364.